The highest BCUT2D eigenvalue weighted by Gasteiger charge is 2.44. The second-order valence-electron chi connectivity index (χ2n) is 5.58. The van der Waals surface area contributed by atoms with E-state index in [2.05, 4.69) is 0 Å². The van der Waals surface area contributed by atoms with E-state index in [1.54, 1.807) is 31.2 Å². The van der Waals surface area contributed by atoms with Gasteiger partial charge in [0.15, 0.2) is 11.5 Å². The summed E-state index contributed by atoms with van der Waals surface area (Å²) in [6.07, 6.45) is -0.984. The molecule has 1 aliphatic rings. The van der Waals surface area contributed by atoms with Crippen molar-refractivity contribution in [3.8, 4) is 17.2 Å². The number of hydrogen-bond donors (Lipinski definition) is 0. The summed E-state index contributed by atoms with van der Waals surface area (Å²) in [5.41, 5.74) is 0.400. The fourth-order valence-corrected chi connectivity index (χ4v) is 3.02. The smallest absolute Gasteiger partial charge is 0.348 e. The van der Waals surface area contributed by atoms with Gasteiger partial charge in [0, 0.05) is 6.07 Å². The molecular weight excluding hydrogens is 328 g/mol. The zero-order valence-corrected chi connectivity index (χ0v) is 14.3. The predicted octanol–water partition coefficient (Wildman–Crippen LogP) is 2.03. The number of aryl methyl sites for hydroxylation is 1. The van der Waals surface area contributed by atoms with Gasteiger partial charge in [-0.15, -0.1) is 0 Å². The first-order valence-electron chi connectivity index (χ1n) is 7.61. The molecule has 0 aliphatic carbocycles. The van der Waals surface area contributed by atoms with E-state index in [-0.39, 0.29) is 5.56 Å². The number of benzene rings is 1. The molecule has 0 amide bonds. The molecule has 2 heterocycles. The first-order valence-corrected chi connectivity index (χ1v) is 7.61. The molecule has 0 radical (unpaired) electrons. The Morgan fingerprint density at radius 3 is 2.44 bits per heavy atom. The molecule has 0 spiro atoms. The highest BCUT2D eigenvalue weighted by Crippen LogP contribution is 2.43. The van der Waals surface area contributed by atoms with Gasteiger partial charge in [0.05, 0.1) is 32.8 Å². The molecule has 2 atom stereocenters. The number of carbonyl (C=O) groups excluding carboxylic acids is 1. The van der Waals surface area contributed by atoms with Gasteiger partial charge in [0.25, 0.3) is 0 Å². The number of carbonyl (C=O) groups is 1. The van der Waals surface area contributed by atoms with E-state index in [4.69, 9.17) is 23.4 Å². The Labute approximate surface area is 144 Å². The van der Waals surface area contributed by atoms with Crippen LogP contribution in [0.5, 0.6) is 17.2 Å². The quantitative estimate of drug-likeness (QED) is 0.783. The summed E-state index contributed by atoms with van der Waals surface area (Å²) in [7, 11) is 4.31. The summed E-state index contributed by atoms with van der Waals surface area (Å²) >= 11 is 0. The summed E-state index contributed by atoms with van der Waals surface area (Å²) in [5, 5.41) is 0. The Morgan fingerprint density at radius 1 is 1.08 bits per heavy atom. The van der Waals surface area contributed by atoms with E-state index < -0.39 is 23.6 Å². The average molecular weight is 346 g/mol. The van der Waals surface area contributed by atoms with Crippen molar-refractivity contribution in [2.75, 3.05) is 21.3 Å². The molecule has 7 heteroatoms. The number of esters is 1. The zero-order chi connectivity index (χ0) is 18.1. The van der Waals surface area contributed by atoms with Crippen LogP contribution in [0.15, 0.2) is 33.5 Å². The van der Waals surface area contributed by atoms with Crippen LogP contribution in [0, 0.1) is 6.92 Å². The third kappa shape index (κ3) is 2.82. The van der Waals surface area contributed by atoms with E-state index in [9.17, 15) is 9.59 Å². The second kappa shape index (κ2) is 6.51. The lowest BCUT2D eigenvalue weighted by Gasteiger charge is -2.18. The van der Waals surface area contributed by atoms with Gasteiger partial charge in [-0.3, -0.25) is 0 Å². The minimum atomic E-state index is -0.984. The minimum absolute atomic E-state index is 0.285. The topological polar surface area (TPSA) is 84.2 Å². The van der Waals surface area contributed by atoms with E-state index in [1.165, 1.54) is 21.3 Å². The van der Waals surface area contributed by atoms with Gasteiger partial charge in [-0.2, -0.15) is 0 Å². The summed E-state index contributed by atoms with van der Waals surface area (Å²) in [5.74, 6) is 0.501. The van der Waals surface area contributed by atoms with Crippen LogP contribution in [0.3, 0.4) is 0 Å². The van der Waals surface area contributed by atoms with Gasteiger partial charge >= 0.3 is 11.6 Å². The van der Waals surface area contributed by atoms with Gasteiger partial charge < -0.3 is 23.4 Å². The molecule has 0 unspecified atom stereocenters. The van der Waals surface area contributed by atoms with Crippen molar-refractivity contribution >= 4 is 5.97 Å². The Balaban J connectivity index is 2.18. The lowest BCUT2D eigenvalue weighted by molar-refractivity contribution is -0.148. The van der Waals surface area contributed by atoms with Crippen molar-refractivity contribution in [2.24, 2.45) is 0 Å². The lowest BCUT2D eigenvalue weighted by Crippen LogP contribution is -2.31. The Hall–Kier alpha value is -2.96. The first kappa shape index (κ1) is 16.9. The molecular formula is C18H18O7. The largest absolute Gasteiger partial charge is 0.493 e. The summed E-state index contributed by atoms with van der Waals surface area (Å²) in [6, 6.07) is 6.75. The zero-order valence-electron chi connectivity index (χ0n) is 14.3. The number of ether oxygens (including phenoxy) is 4. The average Bonchev–Trinajstić information content (AvgIpc) is 2.99. The maximum atomic E-state index is 12.4. The van der Waals surface area contributed by atoms with Crippen molar-refractivity contribution in [2.45, 2.75) is 18.9 Å². The first-order chi connectivity index (χ1) is 12.0. The van der Waals surface area contributed by atoms with Gasteiger partial charge in [-0.05, 0) is 24.6 Å². The summed E-state index contributed by atoms with van der Waals surface area (Å²) < 4.78 is 26.3. The van der Waals surface area contributed by atoms with Crippen LogP contribution in [0.4, 0.5) is 0 Å². The third-order valence-electron chi connectivity index (χ3n) is 4.14. The fraction of sp³-hybridized carbons (Fsp3) is 0.333. The number of hydrogen-bond acceptors (Lipinski definition) is 7. The van der Waals surface area contributed by atoms with Gasteiger partial charge in [-0.25, -0.2) is 9.59 Å². The van der Waals surface area contributed by atoms with E-state index in [0.29, 0.717) is 28.6 Å². The molecule has 1 aromatic heterocycles. The summed E-state index contributed by atoms with van der Waals surface area (Å²) in [4.78, 5) is 24.6. The molecule has 0 saturated carbocycles. The number of rotatable bonds is 4. The summed E-state index contributed by atoms with van der Waals surface area (Å²) in [6.45, 7) is 1.64. The molecule has 3 rings (SSSR count). The lowest BCUT2D eigenvalue weighted by atomic mass is 9.88. The van der Waals surface area contributed by atoms with Crippen LogP contribution in [0.25, 0.3) is 0 Å². The van der Waals surface area contributed by atoms with Crippen molar-refractivity contribution in [1.29, 1.82) is 0 Å². The van der Waals surface area contributed by atoms with E-state index in [0.717, 1.165) is 0 Å². The maximum absolute atomic E-state index is 12.4. The molecule has 7 nitrogen and oxygen atoms in total. The van der Waals surface area contributed by atoms with Crippen LogP contribution in [0.1, 0.15) is 22.8 Å². The Kier molecular flexibility index (Phi) is 4.39. The van der Waals surface area contributed by atoms with Crippen LogP contribution >= 0.6 is 0 Å². The molecule has 0 N–H and O–H groups in total. The fourth-order valence-electron chi connectivity index (χ4n) is 3.02. The van der Waals surface area contributed by atoms with Crippen LogP contribution in [-0.4, -0.2) is 33.4 Å². The molecule has 132 valence electrons. The molecule has 0 bridgehead atoms. The molecule has 1 aliphatic heterocycles. The maximum Gasteiger partial charge on any atom is 0.348 e. The molecule has 0 saturated heterocycles. The van der Waals surface area contributed by atoms with Crippen LogP contribution in [-0.2, 0) is 9.53 Å². The monoisotopic (exact) mass is 346 g/mol. The number of methoxy groups -OCH3 is 3. The normalized spacial score (nSPS) is 18.2. The van der Waals surface area contributed by atoms with Crippen molar-refractivity contribution in [3.05, 3.63) is 51.6 Å². The minimum Gasteiger partial charge on any atom is -0.493 e. The van der Waals surface area contributed by atoms with Crippen LogP contribution < -0.4 is 19.8 Å². The third-order valence-corrected chi connectivity index (χ3v) is 4.14. The molecule has 1 aromatic carbocycles. The Morgan fingerprint density at radius 2 is 1.80 bits per heavy atom. The van der Waals surface area contributed by atoms with Crippen molar-refractivity contribution in [1.82, 2.24) is 0 Å². The van der Waals surface area contributed by atoms with E-state index in [1.807, 2.05) is 0 Å². The second-order valence-corrected chi connectivity index (χ2v) is 5.58. The van der Waals surface area contributed by atoms with Crippen molar-refractivity contribution in [3.63, 3.8) is 0 Å². The van der Waals surface area contributed by atoms with Gasteiger partial charge in [-0.1, -0.05) is 6.07 Å². The van der Waals surface area contributed by atoms with Crippen molar-refractivity contribution < 1.29 is 28.2 Å². The molecule has 2 aromatic rings. The van der Waals surface area contributed by atoms with Gasteiger partial charge in [0.1, 0.15) is 11.5 Å². The molecule has 0 fully saturated rings. The highest BCUT2D eigenvalue weighted by atomic mass is 16.6. The number of fused-ring (bicyclic) bond motifs is 1. The van der Waals surface area contributed by atoms with E-state index >= 15 is 0 Å². The highest BCUT2D eigenvalue weighted by molar-refractivity contribution is 5.79. The standard InChI is InChI=1S/C18H18O7/c1-9-7-13-15(17(19)24-9)14(16(25-13)18(20)23-4)10-5-6-11(21-2)12(8-10)22-3/h5-8,14,16H,1-4H3/t14-,16-/m1/s1. The predicted molar refractivity (Wildman–Crippen MR) is 87.5 cm³/mol. The van der Waals surface area contributed by atoms with Gasteiger partial charge in [0.2, 0.25) is 6.10 Å². The SMILES string of the molecule is COC(=O)[C@@H]1Oc2cc(C)oc(=O)c2[C@H]1c1ccc(OC)c(OC)c1. The Bertz CT molecular complexity index is 868. The molecule has 25 heavy (non-hydrogen) atoms. The van der Waals surface area contributed by atoms with Crippen LogP contribution in [0.2, 0.25) is 0 Å².